The molecule has 0 saturated carbocycles. The highest BCUT2D eigenvalue weighted by molar-refractivity contribution is 6.33. The van der Waals surface area contributed by atoms with Crippen molar-refractivity contribution in [1.29, 1.82) is 0 Å². The van der Waals surface area contributed by atoms with Gasteiger partial charge in [-0.25, -0.2) is 15.6 Å². The average molecular weight is 518 g/mol. The minimum atomic E-state index is -1.01. The van der Waals surface area contributed by atoms with Crippen LogP contribution in [0, 0.1) is 12.8 Å². The highest BCUT2D eigenvalue weighted by Crippen LogP contribution is 2.51. The molecule has 2 amide bonds. The second kappa shape index (κ2) is 9.64. The van der Waals surface area contributed by atoms with Gasteiger partial charge in [0.2, 0.25) is 0 Å². The van der Waals surface area contributed by atoms with Gasteiger partial charge in [-0.1, -0.05) is 41.4 Å². The van der Waals surface area contributed by atoms with Gasteiger partial charge in [-0.15, -0.1) is 0 Å². The maximum Gasteiger partial charge on any atom is 0.410 e. The van der Waals surface area contributed by atoms with E-state index in [0.717, 1.165) is 36.0 Å². The second-order valence-corrected chi connectivity index (χ2v) is 11.4. The summed E-state index contributed by atoms with van der Waals surface area (Å²) in [6, 6.07) is 11.2. The number of hydrogen-bond acceptors (Lipinski definition) is 4. The molecule has 6 nitrogen and oxygen atoms in total. The largest absolute Gasteiger partial charge is 0.444 e. The zero-order valence-corrected chi connectivity index (χ0v) is 22.2. The van der Waals surface area contributed by atoms with Crippen LogP contribution >= 0.6 is 23.2 Å². The van der Waals surface area contributed by atoms with E-state index < -0.39 is 11.0 Å². The Kier molecular flexibility index (Phi) is 7.11. The lowest BCUT2D eigenvalue weighted by molar-refractivity contribution is -0.122. The Morgan fingerprint density at radius 2 is 1.77 bits per heavy atom. The fraction of sp³-hybridized carbons (Fsp3) is 0.481. The fourth-order valence-electron chi connectivity index (χ4n) is 5.23. The number of aryl methyl sites for hydroxylation is 1. The molecule has 2 aromatic rings. The summed E-state index contributed by atoms with van der Waals surface area (Å²) in [4.78, 5) is 28.1. The van der Waals surface area contributed by atoms with Gasteiger partial charge in [0, 0.05) is 23.1 Å². The number of hydrogen-bond donors (Lipinski definition) is 1. The van der Waals surface area contributed by atoms with Crippen LogP contribution in [0.1, 0.15) is 63.1 Å². The van der Waals surface area contributed by atoms with Crippen molar-refractivity contribution in [1.82, 2.24) is 4.90 Å². The summed E-state index contributed by atoms with van der Waals surface area (Å²) < 4.78 is 5.52. The highest BCUT2D eigenvalue weighted by Gasteiger charge is 2.52. The van der Waals surface area contributed by atoms with Crippen LogP contribution in [0.25, 0.3) is 0 Å². The molecule has 1 atom stereocenters. The summed E-state index contributed by atoms with van der Waals surface area (Å²) in [5.41, 5.74) is 1.53. The number of ether oxygens (including phenoxy) is 1. The quantitative estimate of drug-likeness (QED) is 0.384. The molecule has 2 aromatic carbocycles. The van der Waals surface area contributed by atoms with E-state index >= 15 is 0 Å². The van der Waals surface area contributed by atoms with E-state index in [-0.39, 0.29) is 12.0 Å². The van der Waals surface area contributed by atoms with E-state index in [0.29, 0.717) is 41.2 Å². The summed E-state index contributed by atoms with van der Waals surface area (Å²) in [5, 5.41) is 2.36. The van der Waals surface area contributed by atoms with E-state index in [1.807, 2.05) is 58.0 Å². The summed E-state index contributed by atoms with van der Waals surface area (Å²) >= 11 is 13.2. The molecule has 0 radical (unpaired) electrons. The Morgan fingerprint density at radius 1 is 1.11 bits per heavy atom. The predicted octanol–water partition coefficient (Wildman–Crippen LogP) is 6.24. The summed E-state index contributed by atoms with van der Waals surface area (Å²) in [7, 11) is 0. The van der Waals surface area contributed by atoms with Crippen molar-refractivity contribution >= 4 is 40.9 Å². The van der Waals surface area contributed by atoms with Crippen LogP contribution in [0.4, 0.5) is 10.5 Å². The van der Waals surface area contributed by atoms with Gasteiger partial charge < -0.3 is 9.64 Å². The number of benzene rings is 2. The lowest BCUT2D eigenvalue weighted by Gasteiger charge is -2.35. The Bertz CT molecular complexity index is 1140. The molecule has 2 aliphatic heterocycles. The van der Waals surface area contributed by atoms with E-state index in [1.54, 1.807) is 11.0 Å². The molecule has 1 saturated heterocycles. The van der Waals surface area contributed by atoms with Crippen molar-refractivity contribution in [2.75, 3.05) is 18.1 Å². The fourth-order valence-corrected chi connectivity index (χ4v) is 5.69. The maximum atomic E-state index is 13.8. The van der Waals surface area contributed by atoms with Gasteiger partial charge in [-0.3, -0.25) is 4.79 Å². The van der Waals surface area contributed by atoms with Crippen LogP contribution in [-0.2, 0) is 14.9 Å². The second-order valence-electron chi connectivity index (χ2n) is 10.6. The van der Waals surface area contributed by atoms with Gasteiger partial charge >= 0.3 is 6.09 Å². The monoisotopic (exact) mass is 517 g/mol. The smallest absolute Gasteiger partial charge is 0.410 e. The minimum Gasteiger partial charge on any atom is -0.444 e. The molecule has 2 aliphatic rings. The van der Waals surface area contributed by atoms with Crippen LogP contribution in [0.3, 0.4) is 0 Å². The molecule has 0 aliphatic carbocycles. The lowest BCUT2D eigenvalue weighted by Crippen LogP contribution is -2.45. The normalized spacial score (nSPS) is 20.8. The van der Waals surface area contributed by atoms with Crippen LogP contribution < -0.4 is 10.9 Å². The standard InChI is InChI=1S/C27H33Cl2N3O3/c1-17-15-23-20(16-22(17)29)27(24(33)32(23)30,19-7-5-6-8-21(19)28)12-9-18-10-13-31(14-11-18)25(34)35-26(2,3)4/h5-8,15-16,18H,9-14,30H2,1-4H3. The Hall–Kier alpha value is -2.28. The van der Waals surface area contributed by atoms with Crippen LogP contribution in [0.5, 0.6) is 0 Å². The molecule has 8 heteroatoms. The third kappa shape index (κ3) is 4.89. The third-order valence-electron chi connectivity index (χ3n) is 7.11. The van der Waals surface area contributed by atoms with E-state index in [4.69, 9.17) is 33.8 Å². The zero-order chi connectivity index (χ0) is 25.5. The van der Waals surface area contributed by atoms with Crippen molar-refractivity contribution in [2.24, 2.45) is 11.8 Å². The lowest BCUT2D eigenvalue weighted by atomic mass is 9.70. The first-order chi connectivity index (χ1) is 16.4. The predicted molar refractivity (Wildman–Crippen MR) is 140 cm³/mol. The molecule has 2 N–H and O–H groups in total. The number of carbonyl (C=O) groups is 2. The number of halogens is 2. The van der Waals surface area contributed by atoms with Gasteiger partial charge in [0.15, 0.2) is 0 Å². The maximum absolute atomic E-state index is 13.8. The number of anilines is 1. The van der Waals surface area contributed by atoms with Gasteiger partial charge in [0.1, 0.15) is 11.0 Å². The molecule has 1 fully saturated rings. The number of rotatable bonds is 4. The molecule has 188 valence electrons. The SMILES string of the molecule is Cc1cc2c(cc1Cl)C(CCC1CCN(C(=O)OC(C)(C)C)CC1)(c1ccccc1Cl)C(=O)N2N. The summed E-state index contributed by atoms with van der Waals surface area (Å²) in [6.45, 7) is 8.79. The number of nitrogens with zero attached hydrogens (tertiary/aromatic N) is 2. The molecule has 4 rings (SSSR count). The van der Waals surface area contributed by atoms with Crippen LogP contribution in [-0.4, -0.2) is 35.6 Å². The van der Waals surface area contributed by atoms with E-state index in [2.05, 4.69) is 0 Å². The molecular weight excluding hydrogens is 485 g/mol. The number of nitrogens with two attached hydrogens (primary N) is 1. The minimum absolute atomic E-state index is 0.201. The van der Waals surface area contributed by atoms with Gasteiger partial charge in [-0.05, 0) is 94.2 Å². The Labute approximate surface area is 217 Å². The van der Waals surface area contributed by atoms with E-state index in [1.165, 1.54) is 5.01 Å². The van der Waals surface area contributed by atoms with Crippen molar-refractivity contribution in [2.45, 2.75) is 64.4 Å². The molecule has 0 spiro atoms. The zero-order valence-electron chi connectivity index (χ0n) is 20.7. The summed E-state index contributed by atoms with van der Waals surface area (Å²) in [5.74, 6) is 6.48. The average Bonchev–Trinajstić information content (AvgIpc) is 2.99. The Balaban J connectivity index is 1.60. The number of amides is 2. The van der Waals surface area contributed by atoms with Crippen LogP contribution in [0.15, 0.2) is 36.4 Å². The first-order valence-electron chi connectivity index (χ1n) is 12.1. The van der Waals surface area contributed by atoms with Gasteiger partial charge in [0.25, 0.3) is 5.91 Å². The van der Waals surface area contributed by atoms with Crippen LogP contribution in [0.2, 0.25) is 10.0 Å². The van der Waals surface area contributed by atoms with Gasteiger partial charge in [-0.2, -0.15) is 0 Å². The Morgan fingerprint density at radius 3 is 2.40 bits per heavy atom. The number of fused-ring (bicyclic) bond motifs is 1. The first kappa shape index (κ1) is 25.8. The molecule has 35 heavy (non-hydrogen) atoms. The molecule has 1 unspecified atom stereocenters. The van der Waals surface area contributed by atoms with Crippen molar-refractivity contribution in [3.63, 3.8) is 0 Å². The number of piperidine rings is 1. The first-order valence-corrected chi connectivity index (χ1v) is 12.8. The number of carbonyl (C=O) groups excluding carboxylic acids is 2. The van der Waals surface area contributed by atoms with E-state index in [9.17, 15) is 9.59 Å². The number of hydrazine groups is 1. The third-order valence-corrected chi connectivity index (χ3v) is 7.84. The van der Waals surface area contributed by atoms with Crippen molar-refractivity contribution in [3.05, 3.63) is 63.1 Å². The molecule has 0 bridgehead atoms. The number of likely N-dealkylation sites (tertiary alicyclic amines) is 1. The summed E-state index contributed by atoms with van der Waals surface area (Å²) in [6.07, 6.45) is 2.76. The molecular formula is C27H33Cl2N3O3. The molecule has 0 aromatic heterocycles. The molecule has 2 heterocycles. The topological polar surface area (TPSA) is 75.9 Å². The highest BCUT2D eigenvalue weighted by atomic mass is 35.5. The van der Waals surface area contributed by atoms with Gasteiger partial charge in [0.05, 0.1) is 5.69 Å². The van der Waals surface area contributed by atoms with Crippen molar-refractivity contribution in [3.8, 4) is 0 Å². The van der Waals surface area contributed by atoms with Crippen molar-refractivity contribution < 1.29 is 14.3 Å².